The highest BCUT2D eigenvalue weighted by atomic mass is 16.1. The highest BCUT2D eigenvalue weighted by Crippen LogP contribution is 2.13. The number of carbonyl (C=O) groups excluding carboxylic acids is 1. The monoisotopic (exact) mass is 236 g/mol. The van der Waals surface area contributed by atoms with Crippen molar-refractivity contribution in [2.45, 2.75) is 44.8 Å². The Morgan fingerprint density at radius 3 is 2.88 bits per heavy atom. The van der Waals surface area contributed by atoms with Gasteiger partial charge in [-0.25, -0.2) is 0 Å². The molecule has 3 atom stereocenters. The largest absolute Gasteiger partial charge is 0.348 e. The van der Waals surface area contributed by atoms with Crippen molar-refractivity contribution in [2.75, 3.05) is 0 Å². The summed E-state index contributed by atoms with van der Waals surface area (Å²) in [7, 11) is 1.81. The van der Waals surface area contributed by atoms with E-state index in [2.05, 4.69) is 29.6 Å². The van der Waals surface area contributed by atoms with Crippen molar-refractivity contribution in [1.29, 1.82) is 0 Å². The quantitative estimate of drug-likeness (QED) is 0.794. The molecule has 0 aliphatic carbocycles. The van der Waals surface area contributed by atoms with Crippen LogP contribution in [0.3, 0.4) is 0 Å². The number of hydrogen-bond acceptors (Lipinski definition) is 3. The van der Waals surface area contributed by atoms with Crippen molar-refractivity contribution < 1.29 is 4.79 Å². The number of rotatable bonds is 2. The van der Waals surface area contributed by atoms with E-state index in [0.717, 1.165) is 12.8 Å². The Morgan fingerprint density at radius 1 is 1.53 bits per heavy atom. The molecule has 2 N–H and O–H groups in total. The summed E-state index contributed by atoms with van der Waals surface area (Å²) >= 11 is 0. The van der Waals surface area contributed by atoms with Crippen LogP contribution < -0.4 is 10.6 Å². The van der Waals surface area contributed by atoms with Crippen molar-refractivity contribution in [1.82, 2.24) is 20.4 Å². The van der Waals surface area contributed by atoms with E-state index in [0.29, 0.717) is 17.6 Å². The maximum Gasteiger partial charge on any atom is 0.254 e. The zero-order valence-corrected chi connectivity index (χ0v) is 10.6. The smallest absolute Gasteiger partial charge is 0.254 e. The molecule has 94 valence electrons. The maximum absolute atomic E-state index is 12.0. The standard InChI is InChI=1S/C12H20N4O/c1-8-4-5-11(9(2)14-8)15-12(17)10-6-13-16(3)7-10/h6-9,11,14H,4-5H2,1-3H3,(H,15,17). The predicted molar refractivity (Wildman–Crippen MR) is 65.8 cm³/mol. The van der Waals surface area contributed by atoms with Crippen LogP contribution in [0.1, 0.15) is 37.0 Å². The number of aryl methyl sites for hydroxylation is 1. The van der Waals surface area contributed by atoms with Crippen LogP contribution in [0.5, 0.6) is 0 Å². The zero-order valence-electron chi connectivity index (χ0n) is 10.6. The van der Waals surface area contributed by atoms with Crippen LogP contribution in [-0.4, -0.2) is 33.8 Å². The maximum atomic E-state index is 12.0. The Hall–Kier alpha value is -1.36. The SMILES string of the molecule is CC1CCC(NC(=O)c2cnn(C)c2)C(C)N1. The second kappa shape index (κ2) is 4.87. The summed E-state index contributed by atoms with van der Waals surface area (Å²) in [6, 6.07) is 1.06. The van der Waals surface area contributed by atoms with E-state index in [1.165, 1.54) is 0 Å². The van der Waals surface area contributed by atoms with Crippen LogP contribution in [-0.2, 0) is 7.05 Å². The normalized spacial score (nSPS) is 29.0. The molecule has 5 nitrogen and oxygen atoms in total. The first-order chi connectivity index (χ1) is 8.06. The van der Waals surface area contributed by atoms with E-state index in [-0.39, 0.29) is 11.9 Å². The van der Waals surface area contributed by atoms with Gasteiger partial charge in [0.15, 0.2) is 0 Å². The summed E-state index contributed by atoms with van der Waals surface area (Å²) in [6.07, 6.45) is 5.46. The van der Waals surface area contributed by atoms with Gasteiger partial charge < -0.3 is 10.6 Å². The lowest BCUT2D eigenvalue weighted by Crippen LogP contribution is -2.54. The van der Waals surface area contributed by atoms with Crippen LogP contribution in [0.25, 0.3) is 0 Å². The lowest BCUT2D eigenvalue weighted by Gasteiger charge is -2.34. The topological polar surface area (TPSA) is 59.0 Å². The van der Waals surface area contributed by atoms with Crippen molar-refractivity contribution in [3.63, 3.8) is 0 Å². The molecular weight excluding hydrogens is 216 g/mol. The highest BCUT2D eigenvalue weighted by Gasteiger charge is 2.26. The number of nitrogens with zero attached hydrogens (tertiary/aromatic N) is 2. The Kier molecular flexibility index (Phi) is 3.47. The first-order valence-corrected chi connectivity index (χ1v) is 6.12. The van der Waals surface area contributed by atoms with Gasteiger partial charge in [0.25, 0.3) is 5.91 Å². The van der Waals surface area contributed by atoms with Gasteiger partial charge in [0.2, 0.25) is 0 Å². The van der Waals surface area contributed by atoms with Crippen LogP contribution in [0.4, 0.5) is 0 Å². The molecule has 0 aromatic carbocycles. The lowest BCUT2D eigenvalue weighted by atomic mass is 9.95. The minimum absolute atomic E-state index is 0.0358. The third-order valence-corrected chi connectivity index (χ3v) is 3.35. The Balaban J connectivity index is 1.95. The van der Waals surface area contributed by atoms with E-state index in [4.69, 9.17) is 0 Å². The second-order valence-corrected chi connectivity index (χ2v) is 4.92. The van der Waals surface area contributed by atoms with Gasteiger partial charge in [-0.05, 0) is 26.7 Å². The Labute approximate surface area is 102 Å². The van der Waals surface area contributed by atoms with Crippen LogP contribution in [0.2, 0.25) is 0 Å². The van der Waals surface area contributed by atoms with Crippen LogP contribution >= 0.6 is 0 Å². The predicted octanol–water partition coefficient (Wildman–Crippen LogP) is 0.679. The van der Waals surface area contributed by atoms with Gasteiger partial charge in [-0.15, -0.1) is 0 Å². The fourth-order valence-electron chi connectivity index (χ4n) is 2.32. The third kappa shape index (κ3) is 2.85. The number of amides is 1. The summed E-state index contributed by atoms with van der Waals surface area (Å²) in [5, 5.41) is 10.5. The first-order valence-electron chi connectivity index (χ1n) is 6.12. The number of carbonyl (C=O) groups is 1. The van der Waals surface area contributed by atoms with Gasteiger partial charge >= 0.3 is 0 Å². The Bertz CT molecular complexity index is 401. The fourth-order valence-corrected chi connectivity index (χ4v) is 2.32. The van der Waals surface area contributed by atoms with Crippen molar-refractivity contribution in [3.05, 3.63) is 18.0 Å². The summed E-state index contributed by atoms with van der Waals surface area (Å²) < 4.78 is 1.64. The third-order valence-electron chi connectivity index (χ3n) is 3.35. The molecule has 0 spiro atoms. The van der Waals surface area contributed by atoms with Gasteiger partial charge in [0, 0.05) is 31.4 Å². The first kappa shape index (κ1) is 12.1. The van der Waals surface area contributed by atoms with Gasteiger partial charge in [-0.2, -0.15) is 5.10 Å². The van der Waals surface area contributed by atoms with Crippen molar-refractivity contribution >= 4 is 5.91 Å². The summed E-state index contributed by atoms with van der Waals surface area (Å²) in [4.78, 5) is 12.0. The average Bonchev–Trinajstić information content (AvgIpc) is 2.69. The molecule has 0 bridgehead atoms. The fraction of sp³-hybridized carbons (Fsp3) is 0.667. The molecule has 2 rings (SSSR count). The summed E-state index contributed by atoms with van der Waals surface area (Å²) in [5.74, 6) is -0.0358. The Morgan fingerprint density at radius 2 is 2.29 bits per heavy atom. The summed E-state index contributed by atoms with van der Waals surface area (Å²) in [5.41, 5.74) is 0.623. The van der Waals surface area contributed by atoms with E-state index in [1.54, 1.807) is 17.1 Å². The van der Waals surface area contributed by atoms with Crippen molar-refractivity contribution in [2.24, 2.45) is 7.05 Å². The average molecular weight is 236 g/mol. The molecule has 1 aliphatic rings. The minimum atomic E-state index is -0.0358. The molecule has 1 aromatic rings. The molecule has 1 amide bonds. The van der Waals surface area contributed by atoms with Crippen LogP contribution in [0, 0.1) is 0 Å². The second-order valence-electron chi connectivity index (χ2n) is 4.92. The minimum Gasteiger partial charge on any atom is -0.348 e. The van der Waals surface area contributed by atoms with Gasteiger partial charge in [-0.1, -0.05) is 0 Å². The molecule has 0 radical (unpaired) electrons. The zero-order chi connectivity index (χ0) is 12.4. The molecule has 5 heteroatoms. The van der Waals surface area contributed by atoms with Gasteiger partial charge in [0.05, 0.1) is 11.8 Å². The lowest BCUT2D eigenvalue weighted by molar-refractivity contribution is 0.0914. The number of piperidine rings is 1. The van der Waals surface area contributed by atoms with E-state index in [1.807, 2.05) is 7.05 Å². The number of nitrogens with one attached hydrogen (secondary N) is 2. The van der Waals surface area contributed by atoms with Gasteiger partial charge in [-0.3, -0.25) is 9.48 Å². The van der Waals surface area contributed by atoms with E-state index < -0.39 is 0 Å². The molecular formula is C12H20N4O. The molecule has 1 aliphatic heterocycles. The van der Waals surface area contributed by atoms with E-state index in [9.17, 15) is 4.79 Å². The highest BCUT2D eigenvalue weighted by molar-refractivity contribution is 5.93. The summed E-state index contributed by atoms with van der Waals surface area (Å²) in [6.45, 7) is 4.29. The van der Waals surface area contributed by atoms with Crippen LogP contribution in [0.15, 0.2) is 12.4 Å². The number of hydrogen-bond donors (Lipinski definition) is 2. The van der Waals surface area contributed by atoms with Crippen molar-refractivity contribution in [3.8, 4) is 0 Å². The van der Waals surface area contributed by atoms with E-state index >= 15 is 0 Å². The molecule has 1 aromatic heterocycles. The molecule has 1 saturated heterocycles. The molecule has 3 unspecified atom stereocenters. The molecule has 1 fully saturated rings. The number of aromatic nitrogens is 2. The molecule has 0 saturated carbocycles. The molecule has 2 heterocycles. The molecule has 17 heavy (non-hydrogen) atoms. The van der Waals surface area contributed by atoms with Gasteiger partial charge in [0.1, 0.15) is 0 Å².